The fourth-order valence-electron chi connectivity index (χ4n) is 1.48. The highest BCUT2D eigenvalue weighted by molar-refractivity contribution is 6.99. The van der Waals surface area contributed by atoms with Gasteiger partial charge in [-0.25, -0.2) is 0 Å². The molecule has 0 saturated carbocycles. The summed E-state index contributed by atoms with van der Waals surface area (Å²) >= 11 is 13.0. The molecule has 0 spiro atoms. The van der Waals surface area contributed by atoms with Gasteiger partial charge in [-0.15, -0.1) is 0 Å². The summed E-state index contributed by atoms with van der Waals surface area (Å²) in [6.07, 6.45) is 2.38. The Balaban J connectivity index is 2.16. The molecule has 90 valence electrons. The summed E-state index contributed by atoms with van der Waals surface area (Å²) in [4.78, 5) is 0. The molecule has 1 heterocycles. The van der Waals surface area contributed by atoms with Gasteiger partial charge in [0.15, 0.2) is 0 Å². The lowest BCUT2D eigenvalue weighted by atomic mass is 10.0. The Kier molecular flexibility index (Phi) is 4.31. The van der Waals surface area contributed by atoms with Gasteiger partial charge in [0.25, 0.3) is 0 Å². The molecule has 17 heavy (non-hydrogen) atoms. The van der Waals surface area contributed by atoms with Gasteiger partial charge < -0.3 is 0 Å². The molecule has 2 rings (SSSR count). The van der Waals surface area contributed by atoms with E-state index < -0.39 is 0 Å². The summed E-state index contributed by atoms with van der Waals surface area (Å²) in [5.41, 5.74) is 4.58. The minimum Gasteiger partial charge on any atom is -0.271 e. The Morgan fingerprint density at radius 3 is 2.76 bits per heavy atom. The molecule has 0 fully saturated rings. The number of nitrogens with two attached hydrogens (primary N) is 1. The predicted octanol–water partition coefficient (Wildman–Crippen LogP) is 2.59. The second kappa shape index (κ2) is 5.75. The Morgan fingerprint density at radius 2 is 2.18 bits per heavy atom. The Hall–Kier alpha value is -0.720. The summed E-state index contributed by atoms with van der Waals surface area (Å²) in [5.74, 6) is 5.51. The van der Waals surface area contributed by atoms with Crippen molar-refractivity contribution in [3.8, 4) is 0 Å². The SMILES string of the molecule is NNC(Cc1ccc(Cl)c(Cl)c1)c1cnsn1. The molecule has 4 nitrogen and oxygen atoms in total. The van der Waals surface area contributed by atoms with Crippen LogP contribution in [-0.2, 0) is 6.42 Å². The van der Waals surface area contributed by atoms with Gasteiger partial charge in [-0.05, 0) is 24.1 Å². The second-order valence-corrected chi connectivity index (χ2v) is 4.88. The smallest absolute Gasteiger partial charge is 0.0929 e. The third kappa shape index (κ3) is 3.14. The molecule has 1 atom stereocenters. The molecule has 1 aromatic carbocycles. The quantitative estimate of drug-likeness (QED) is 0.671. The summed E-state index contributed by atoms with van der Waals surface area (Å²) < 4.78 is 8.10. The lowest BCUT2D eigenvalue weighted by molar-refractivity contribution is 0.542. The van der Waals surface area contributed by atoms with Crippen LogP contribution in [0.1, 0.15) is 17.3 Å². The molecule has 3 N–H and O–H groups in total. The van der Waals surface area contributed by atoms with Crippen LogP contribution >= 0.6 is 34.9 Å². The number of nitrogens with one attached hydrogen (secondary N) is 1. The molecule has 0 saturated heterocycles. The number of hydrogen-bond acceptors (Lipinski definition) is 5. The van der Waals surface area contributed by atoms with E-state index in [2.05, 4.69) is 14.2 Å². The van der Waals surface area contributed by atoms with E-state index in [0.29, 0.717) is 16.5 Å². The topological polar surface area (TPSA) is 63.8 Å². The first-order valence-electron chi connectivity index (χ1n) is 4.88. The zero-order valence-corrected chi connectivity index (χ0v) is 11.1. The minimum absolute atomic E-state index is 0.0778. The van der Waals surface area contributed by atoms with E-state index in [-0.39, 0.29) is 6.04 Å². The van der Waals surface area contributed by atoms with Crippen molar-refractivity contribution in [1.82, 2.24) is 14.2 Å². The number of halogens is 2. The Labute approximate surface area is 113 Å². The van der Waals surface area contributed by atoms with E-state index in [1.807, 2.05) is 12.1 Å². The number of hydrazine groups is 1. The van der Waals surface area contributed by atoms with Crippen LogP contribution in [0.2, 0.25) is 10.0 Å². The van der Waals surface area contributed by atoms with Crippen LogP contribution in [0, 0.1) is 0 Å². The highest BCUT2D eigenvalue weighted by atomic mass is 35.5. The molecular weight excluding hydrogens is 279 g/mol. The number of rotatable bonds is 4. The molecule has 0 bridgehead atoms. The largest absolute Gasteiger partial charge is 0.271 e. The summed E-state index contributed by atoms with van der Waals surface area (Å²) in [7, 11) is 0. The standard InChI is InChI=1S/C10H10Cl2N4S/c11-7-2-1-6(3-8(7)12)4-9(15-13)10-5-14-17-16-10/h1-3,5,9,15H,4,13H2. The first kappa shape index (κ1) is 12.7. The van der Waals surface area contributed by atoms with Crippen molar-refractivity contribution in [3.63, 3.8) is 0 Å². The maximum absolute atomic E-state index is 5.96. The average Bonchev–Trinajstić information content (AvgIpc) is 2.84. The van der Waals surface area contributed by atoms with Crippen molar-refractivity contribution in [2.45, 2.75) is 12.5 Å². The molecule has 0 radical (unpaired) electrons. The Bertz CT molecular complexity index is 489. The van der Waals surface area contributed by atoms with Crippen LogP contribution in [0.4, 0.5) is 0 Å². The summed E-state index contributed by atoms with van der Waals surface area (Å²) in [6, 6.07) is 5.43. The van der Waals surface area contributed by atoms with E-state index in [9.17, 15) is 0 Å². The maximum Gasteiger partial charge on any atom is 0.0929 e. The number of hydrogen-bond donors (Lipinski definition) is 2. The highest BCUT2D eigenvalue weighted by Gasteiger charge is 2.13. The van der Waals surface area contributed by atoms with Gasteiger partial charge in [-0.1, -0.05) is 29.3 Å². The molecule has 1 aromatic heterocycles. The minimum atomic E-state index is -0.0778. The number of benzene rings is 1. The van der Waals surface area contributed by atoms with Crippen LogP contribution < -0.4 is 11.3 Å². The number of aromatic nitrogens is 2. The van der Waals surface area contributed by atoms with E-state index in [1.54, 1.807) is 12.3 Å². The Morgan fingerprint density at radius 1 is 1.35 bits per heavy atom. The molecule has 0 aliphatic heterocycles. The van der Waals surface area contributed by atoms with Crippen molar-refractivity contribution in [3.05, 3.63) is 45.7 Å². The van der Waals surface area contributed by atoms with Crippen LogP contribution in [0.15, 0.2) is 24.4 Å². The summed E-state index contributed by atoms with van der Waals surface area (Å²) in [5, 5.41) is 1.08. The lowest BCUT2D eigenvalue weighted by Crippen LogP contribution is -2.29. The molecule has 0 amide bonds. The zero-order valence-electron chi connectivity index (χ0n) is 8.73. The summed E-state index contributed by atoms with van der Waals surface area (Å²) in [6.45, 7) is 0. The molecule has 2 aromatic rings. The molecule has 7 heteroatoms. The molecule has 1 unspecified atom stereocenters. The first-order chi connectivity index (χ1) is 8.20. The van der Waals surface area contributed by atoms with Crippen molar-refractivity contribution in [2.24, 2.45) is 5.84 Å². The van der Waals surface area contributed by atoms with Crippen molar-refractivity contribution >= 4 is 34.9 Å². The third-order valence-electron chi connectivity index (χ3n) is 2.36. The lowest BCUT2D eigenvalue weighted by Gasteiger charge is -2.13. The van der Waals surface area contributed by atoms with Gasteiger partial charge in [-0.3, -0.25) is 11.3 Å². The molecular formula is C10H10Cl2N4S. The van der Waals surface area contributed by atoms with E-state index >= 15 is 0 Å². The molecule has 0 aliphatic carbocycles. The normalized spacial score (nSPS) is 12.6. The van der Waals surface area contributed by atoms with Crippen LogP contribution in [0.3, 0.4) is 0 Å². The van der Waals surface area contributed by atoms with E-state index in [1.165, 1.54) is 0 Å². The van der Waals surface area contributed by atoms with E-state index in [4.69, 9.17) is 29.0 Å². The predicted molar refractivity (Wildman–Crippen MR) is 70.1 cm³/mol. The monoisotopic (exact) mass is 288 g/mol. The second-order valence-electron chi connectivity index (χ2n) is 3.50. The number of nitrogens with zero attached hydrogens (tertiary/aromatic N) is 2. The third-order valence-corrected chi connectivity index (χ3v) is 3.59. The van der Waals surface area contributed by atoms with Gasteiger partial charge in [0.05, 0.1) is 39.7 Å². The van der Waals surface area contributed by atoms with Gasteiger partial charge in [-0.2, -0.15) is 8.75 Å². The zero-order chi connectivity index (χ0) is 12.3. The van der Waals surface area contributed by atoms with Crippen LogP contribution in [-0.4, -0.2) is 8.75 Å². The van der Waals surface area contributed by atoms with Gasteiger partial charge in [0.1, 0.15) is 0 Å². The highest BCUT2D eigenvalue weighted by Crippen LogP contribution is 2.25. The van der Waals surface area contributed by atoms with Crippen LogP contribution in [0.5, 0.6) is 0 Å². The van der Waals surface area contributed by atoms with Crippen LogP contribution in [0.25, 0.3) is 0 Å². The van der Waals surface area contributed by atoms with Gasteiger partial charge in [0.2, 0.25) is 0 Å². The average molecular weight is 289 g/mol. The molecule has 0 aliphatic rings. The maximum atomic E-state index is 5.96. The van der Waals surface area contributed by atoms with Crippen molar-refractivity contribution in [1.29, 1.82) is 0 Å². The fourth-order valence-corrected chi connectivity index (χ4v) is 2.27. The van der Waals surface area contributed by atoms with Gasteiger partial charge >= 0.3 is 0 Å². The van der Waals surface area contributed by atoms with Crippen molar-refractivity contribution < 1.29 is 0 Å². The van der Waals surface area contributed by atoms with Gasteiger partial charge in [0, 0.05) is 0 Å². The first-order valence-corrected chi connectivity index (χ1v) is 6.37. The van der Waals surface area contributed by atoms with E-state index in [0.717, 1.165) is 23.0 Å². The fraction of sp³-hybridized carbons (Fsp3) is 0.200. The van der Waals surface area contributed by atoms with Crippen molar-refractivity contribution in [2.75, 3.05) is 0 Å².